The first kappa shape index (κ1) is 11.7. The molecule has 0 spiro atoms. The van der Waals surface area contributed by atoms with Gasteiger partial charge in [0.15, 0.2) is 5.82 Å². The van der Waals surface area contributed by atoms with E-state index < -0.39 is 0 Å². The van der Waals surface area contributed by atoms with E-state index in [2.05, 4.69) is 30.9 Å². The summed E-state index contributed by atoms with van der Waals surface area (Å²) in [4.78, 5) is 12.5. The van der Waals surface area contributed by atoms with Crippen molar-refractivity contribution in [2.24, 2.45) is 5.10 Å². The Morgan fingerprint density at radius 1 is 1.37 bits per heavy atom. The molecular formula is C13H11N5S. The monoisotopic (exact) mass is 269 g/mol. The number of rotatable bonds is 3. The minimum absolute atomic E-state index is 0.725. The maximum atomic E-state index is 4.27. The Morgan fingerprint density at radius 3 is 3.16 bits per heavy atom. The molecule has 3 aromatic heterocycles. The van der Waals surface area contributed by atoms with Gasteiger partial charge in [-0.1, -0.05) is 6.07 Å². The smallest absolute Gasteiger partial charge is 0.167 e. The van der Waals surface area contributed by atoms with Crippen molar-refractivity contribution in [2.75, 3.05) is 5.43 Å². The highest BCUT2D eigenvalue weighted by Crippen LogP contribution is 2.28. The Labute approximate surface area is 114 Å². The molecule has 94 valence electrons. The zero-order valence-electron chi connectivity index (χ0n) is 10.2. The Morgan fingerprint density at radius 2 is 2.32 bits per heavy atom. The van der Waals surface area contributed by atoms with Gasteiger partial charge in [0.1, 0.15) is 6.33 Å². The summed E-state index contributed by atoms with van der Waals surface area (Å²) in [6.45, 7) is 2.04. The molecule has 0 unspecified atom stereocenters. The van der Waals surface area contributed by atoms with Crippen molar-refractivity contribution in [1.82, 2.24) is 15.0 Å². The van der Waals surface area contributed by atoms with Crippen molar-refractivity contribution < 1.29 is 0 Å². The highest BCUT2D eigenvalue weighted by atomic mass is 32.1. The van der Waals surface area contributed by atoms with Gasteiger partial charge in [0.05, 0.1) is 16.4 Å². The third-order valence-electron chi connectivity index (χ3n) is 2.60. The second-order valence-electron chi connectivity index (χ2n) is 3.98. The molecule has 0 saturated heterocycles. The molecule has 0 aliphatic carbocycles. The zero-order valence-corrected chi connectivity index (χ0v) is 11.1. The van der Waals surface area contributed by atoms with Gasteiger partial charge < -0.3 is 0 Å². The largest absolute Gasteiger partial charge is 0.264 e. The molecule has 0 radical (unpaired) electrons. The van der Waals surface area contributed by atoms with E-state index in [0.29, 0.717) is 0 Å². The van der Waals surface area contributed by atoms with Crippen LogP contribution in [0.1, 0.15) is 11.1 Å². The van der Waals surface area contributed by atoms with Gasteiger partial charge in [0.2, 0.25) is 0 Å². The molecule has 0 aliphatic rings. The molecule has 19 heavy (non-hydrogen) atoms. The van der Waals surface area contributed by atoms with Gasteiger partial charge in [0, 0.05) is 18.0 Å². The van der Waals surface area contributed by atoms with Crippen LogP contribution in [-0.2, 0) is 0 Å². The third-order valence-corrected chi connectivity index (χ3v) is 3.69. The number of nitrogens with zero attached hydrogens (tertiary/aromatic N) is 4. The van der Waals surface area contributed by atoms with Crippen LogP contribution in [0.4, 0.5) is 5.82 Å². The lowest BCUT2D eigenvalue weighted by molar-refractivity contribution is 1.18. The summed E-state index contributed by atoms with van der Waals surface area (Å²) in [5.41, 5.74) is 6.01. The topological polar surface area (TPSA) is 63.1 Å². The molecule has 0 aromatic carbocycles. The lowest BCUT2D eigenvalue weighted by Crippen LogP contribution is -1.94. The number of thiophene rings is 1. The summed E-state index contributed by atoms with van der Waals surface area (Å²) in [5, 5.41) is 6.24. The summed E-state index contributed by atoms with van der Waals surface area (Å²) in [5.74, 6) is 0.725. The number of fused-ring (bicyclic) bond motifs is 1. The molecule has 3 rings (SSSR count). The molecule has 0 fully saturated rings. The van der Waals surface area contributed by atoms with Crippen LogP contribution in [0.2, 0.25) is 0 Å². The van der Waals surface area contributed by atoms with Crippen LogP contribution in [0.15, 0.2) is 41.3 Å². The van der Waals surface area contributed by atoms with Crippen LogP contribution >= 0.6 is 11.3 Å². The fourth-order valence-corrected chi connectivity index (χ4v) is 2.61. The second-order valence-corrected chi connectivity index (χ2v) is 4.85. The van der Waals surface area contributed by atoms with Crippen molar-refractivity contribution in [3.05, 3.63) is 47.4 Å². The van der Waals surface area contributed by atoms with Gasteiger partial charge in [-0.3, -0.25) is 10.4 Å². The van der Waals surface area contributed by atoms with Gasteiger partial charge in [-0.05, 0) is 23.9 Å². The van der Waals surface area contributed by atoms with Crippen LogP contribution < -0.4 is 5.43 Å². The van der Waals surface area contributed by atoms with Crippen molar-refractivity contribution in [3.63, 3.8) is 0 Å². The molecule has 1 N–H and O–H groups in total. The Bertz CT molecular complexity index is 720. The van der Waals surface area contributed by atoms with E-state index in [4.69, 9.17) is 0 Å². The van der Waals surface area contributed by atoms with Crippen LogP contribution in [-0.4, -0.2) is 21.2 Å². The molecule has 3 heterocycles. The predicted octanol–water partition coefficient (Wildman–Crippen LogP) is 2.84. The minimum Gasteiger partial charge on any atom is -0.264 e. The van der Waals surface area contributed by atoms with E-state index in [0.717, 1.165) is 27.2 Å². The first-order valence-corrected chi connectivity index (χ1v) is 6.60. The summed E-state index contributed by atoms with van der Waals surface area (Å²) in [6.07, 6.45) is 6.73. The number of anilines is 1. The van der Waals surface area contributed by atoms with Gasteiger partial charge >= 0.3 is 0 Å². The minimum atomic E-state index is 0.725. The molecule has 3 aromatic rings. The van der Waals surface area contributed by atoms with Gasteiger partial charge in [-0.15, -0.1) is 11.3 Å². The van der Waals surface area contributed by atoms with E-state index in [1.807, 2.05) is 19.1 Å². The Kier molecular flexibility index (Phi) is 3.16. The lowest BCUT2D eigenvalue weighted by atomic mass is 10.3. The summed E-state index contributed by atoms with van der Waals surface area (Å²) in [7, 11) is 0. The van der Waals surface area contributed by atoms with E-state index in [9.17, 15) is 0 Å². The zero-order chi connectivity index (χ0) is 13.1. The Balaban J connectivity index is 1.84. The van der Waals surface area contributed by atoms with Crippen molar-refractivity contribution in [2.45, 2.75) is 6.92 Å². The average molecular weight is 269 g/mol. The number of aromatic nitrogens is 3. The number of hydrogen-bond acceptors (Lipinski definition) is 6. The van der Waals surface area contributed by atoms with E-state index in [-0.39, 0.29) is 0 Å². The summed E-state index contributed by atoms with van der Waals surface area (Å²) >= 11 is 1.61. The summed E-state index contributed by atoms with van der Waals surface area (Å²) < 4.78 is 1.02. The molecular weight excluding hydrogens is 258 g/mol. The SMILES string of the molecule is Cc1csc2c(N/N=C/c3cccnc3)ncnc12. The number of hydrogen-bond donors (Lipinski definition) is 1. The van der Waals surface area contributed by atoms with E-state index in [1.165, 1.54) is 0 Å². The summed E-state index contributed by atoms with van der Waals surface area (Å²) in [6, 6.07) is 3.80. The highest BCUT2D eigenvalue weighted by Gasteiger charge is 2.06. The van der Waals surface area contributed by atoms with Crippen LogP contribution in [0.5, 0.6) is 0 Å². The van der Waals surface area contributed by atoms with E-state index in [1.54, 1.807) is 36.3 Å². The van der Waals surface area contributed by atoms with Gasteiger partial charge in [-0.2, -0.15) is 5.10 Å². The second kappa shape index (κ2) is 5.11. The normalized spacial score (nSPS) is 11.2. The maximum Gasteiger partial charge on any atom is 0.167 e. The van der Waals surface area contributed by atoms with Crippen molar-refractivity contribution >= 4 is 33.6 Å². The van der Waals surface area contributed by atoms with Gasteiger partial charge in [0.25, 0.3) is 0 Å². The van der Waals surface area contributed by atoms with Crippen LogP contribution in [0, 0.1) is 6.92 Å². The van der Waals surface area contributed by atoms with E-state index >= 15 is 0 Å². The molecule has 0 aliphatic heterocycles. The molecule has 0 bridgehead atoms. The molecule has 0 saturated carbocycles. The Hall–Kier alpha value is -2.34. The van der Waals surface area contributed by atoms with Crippen LogP contribution in [0.25, 0.3) is 10.2 Å². The highest BCUT2D eigenvalue weighted by molar-refractivity contribution is 7.18. The number of pyridine rings is 1. The lowest BCUT2D eigenvalue weighted by Gasteiger charge is -2.00. The maximum absolute atomic E-state index is 4.27. The van der Waals surface area contributed by atoms with Crippen molar-refractivity contribution in [1.29, 1.82) is 0 Å². The first-order chi connectivity index (χ1) is 9.34. The molecule has 6 heteroatoms. The number of aryl methyl sites for hydroxylation is 1. The fraction of sp³-hybridized carbons (Fsp3) is 0.0769. The number of nitrogens with one attached hydrogen (secondary N) is 1. The van der Waals surface area contributed by atoms with Crippen molar-refractivity contribution in [3.8, 4) is 0 Å². The average Bonchev–Trinajstić information content (AvgIpc) is 2.83. The van der Waals surface area contributed by atoms with Gasteiger partial charge in [-0.25, -0.2) is 9.97 Å². The third kappa shape index (κ3) is 2.43. The first-order valence-electron chi connectivity index (χ1n) is 5.72. The quantitative estimate of drug-likeness (QED) is 0.586. The standard InChI is InChI=1S/C13H11N5S/c1-9-7-19-12-11(9)15-8-16-13(12)18-17-6-10-3-2-4-14-5-10/h2-8H,1H3,(H,15,16,18)/b17-6+. The predicted molar refractivity (Wildman–Crippen MR) is 77.6 cm³/mol. The molecule has 5 nitrogen and oxygen atoms in total. The van der Waals surface area contributed by atoms with Crippen LogP contribution in [0.3, 0.4) is 0 Å². The fourth-order valence-electron chi connectivity index (χ4n) is 1.67. The number of hydrazone groups is 1. The molecule has 0 atom stereocenters. The molecule has 0 amide bonds.